The molecule has 0 saturated heterocycles. The van der Waals surface area contributed by atoms with Crippen molar-refractivity contribution in [3.8, 4) is 5.88 Å². The van der Waals surface area contributed by atoms with Crippen molar-refractivity contribution in [3.05, 3.63) is 11.9 Å². The molecule has 0 aliphatic heterocycles. The van der Waals surface area contributed by atoms with Crippen LogP contribution in [-0.4, -0.2) is 47.7 Å². The van der Waals surface area contributed by atoms with E-state index >= 15 is 0 Å². The first-order chi connectivity index (χ1) is 9.92. The molecule has 1 N–H and O–H groups in total. The lowest BCUT2D eigenvalue weighted by Gasteiger charge is -2.31. The molecule has 5 nitrogen and oxygen atoms in total. The highest BCUT2D eigenvalue weighted by molar-refractivity contribution is 5.39. The van der Waals surface area contributed by atoms with E-state index in [2.05, 4.69) is 55.1 Å². The third-order valence-electron chi connectivity index (χ3n) is 4.00. The van der Waals surface area contributed by atoms with Gasteiger partial charge in [-0.05, 0) is 47.2 Å². The van der Waals surface area contributed by atoms with Crippen LogP contribution in [0.2, 0.25) is 0 Å². The average molecular weight is 292 g/mol. The van der Waals surface area contributed by atoms with E-state index in [1.165, 1.54) is 12.8 Å². The van der Waals surface area contributed by atoms with E-state index in [9.17, 15) is 0 Å². The third kappa shape index (κ3) is 4.56. The fraction of sp³-hybridized carbons (Fsp3) is 0.750. The second-order valence-corrected chi connectivity index (χ2v) is 6.65. The Bertz CT molecular complexity index is 469. The van der Waals surface area contributed by atoms with E-state index in [1.54, 1.807) is 0 Å². The molecule has 1 fully saturated rings. The third-order valence-corrected chi connectivity index (χ3v) is 4.00. The molecule has 5 heteroatoms. The Morgan fingerprint density at radius 1 is 1.33 bits per heavy atom. The van der Waals surface area contributed by atoms with Crippen molar-refractivity contribution in [2.45, 2.75) is 51.5 Å². The summed E-state index contributed by atoms with van der Waals surface area (Å²) in [6, 6.07) is 1.91. The summed E-state index contributed by atoms with van der Waals surface area (Å²) in [6.07, 6.45) is 3.46. The minimum atomic E-state index is -0.0261. The first kappa shape index (κ1) is 16.0. The topological polar surface area (TPSA) is 50.3 Å². The van der Waals surface area contributed by atoms with Gasteiger partial charge in [0.05, 0.1) is 0 Å². The van der Waals surface area contributed by atoms with Crippen molar-refractivity contribution in [2.75, 3.05) is 32.6 Å². The lowest BCUT2D eigenvalue weighted by atomic mass is 10.1. The van der Waals surface area contributed by atoms with Crippen molar-refractivity contribution in [1.82, 2.24) is 14.9 Å². The van der Waals surface area contributed by atoms with Crippen LogP contribution >= 0.6 is 0 Å². The SMILES string of the molecule is CCCNc1cc(OCC(C)(C)N(C)C)nc(C2CC2)n1. The van der Waals surface area contributed by atoms with Gasteiger partial charge >= 0.3 is 0 Å². The van der Waals surface area contributed by atoms with E-state index < -0.39 is 0 Å². The van der Waals surface area contributed by atoms with Gasteiger partial charge in [-0.15, -0.1) is 0 Å². The van der Waals surface area contributed by atoms with Gasteiger partial charge in [-0.3, -0.25) is 0 Å². The molecule has 1 aromatic heterocycles. The second kappa shape index (κ2) is 6.60. The number of nitrogens with one attached hydrogen (secondary N) is 1. The van der Waals surface area contributed by atoms with Gasteiger partial charge in [0.25, 0.3) is 0 Å². The monoisotopic (exact) mass is 292 g/mol. The Morgan fingerprint density at radius 3 is 2.62 bits per heavy atom. The van der Waals surface area contributed by atoms with E-state index in [1.807, 2.05) is 6.07 Å². The predicted molar refractivity (Wildman–Crippen MR) is 86.0 cm³/mol. The standard InChI is InChI=1S/C16H28N4O/c1-6-9-17-13-10-14(19-15(18-13)12-7-8-12)21-11-16(2,3)20(4)5/h10,12H,6-9,11H2,1-5H3,(H,17,18,19). The van der Waals surface area contributed by atoms with E-state index in [0.29, 0.717) is 18.4 Å². The van der Waals surface area contributed by atoms with Gasteiger partial charge in [0, 0.05) is 24.1 Å². The van der Waals surface area contributed by atoms with Crippen molar-refractivity contribution in [3.63, 3.8) is 0 Å². The van der Waals surface area contributed by atoms with Crippen LogP contribution in [0.15, 0.2) is 6.07 Å². The smallest absolute Gasteiger partial charge is 0.218 e. The summed E-state index contributed by atoms with van der Waals surface area (Å²) in [7, 11) is 4.13. The summed E-state index contributed by atoms with van der Waals surface area (Å²) in [5.74, 6) is 3.01. The lowest BCUT2D eigenvalue weighted by molar-refractivity contribution is 0.111. The number of aromatic nitrogens is 2. The quantitative estimate of drug-likeness (QED) is 0.798. The Labute approximate surface area is 128 Å². The van der Waals surface area contributed by atoms with Crippen LogP contribution in [-0.2, 0) is 0 Å². The summed E-state index contributed by atoms with van der Waals surface area (Å²) >= 11 is 0. The van der Waals surface area contributed by atoms with Crippen molar-refractivity contribution in [1.29, 1.82) is 0 Å². The van der Waals surface area contributed by atoms with Crippen LogP contribution in [0, 0.1) is 0 Å². The summed E-state index contributed by atoms with van der Waals surface area (Å²) in [4.78, 5) is 11.3. The molecule has 0 aromatic carbocycles. The van der Waals surface area contributed by atoms with Gasteiger partial charge in [-0.1, -0.05) is 6.92 Å². The Morgan fingerprint density at radius 2 is 2.05 bits per heavy atom. The maximum Gasteiger partial charge on any atom is 0.218 e. The van der Waals surface area contributed by atoms with Gasteiger partial charge in [-0.25, -0.2) is 4.98 Å². The molecule has 0 atom stereocenters. The number of hydrogen-bond acceptors (Lipinski definition) is 5. The van der Waals surface area contributed by atoms with Crippen LogP contribution in [0.5, 0.6) is 5.88 Å². The molecule has 1 heterocycles. The fourth-order valence-corrected chi connectivity index (χ4v) is 1.76. The molecule has 1 saturated carbocycles. The number of nitrogens with zero attached hydrogens (tertiary/aromatic N) is 3. The molecule has 0 radical (unpaired) electrons. The average Bonchev–Trinajstić information content (AvgIpc) is 3.27. The van der Waals surface area contributed by atoms with Crippen LogP contribution in [0.25, 0.3) is 0 Å². The van der Waals surface area contributed by atoms with Crippen molar-refractivity contribution >= 4 is 5.82 Å². The summed E-state index contributed by atoms with van der Waals surface area (Å²) < 4.78 is 5.94. The Hall–Kier alpha value is -1.36. The molecule has 2 rings (SSSR count). The Balaban J connectivity index is 2.08. The van der Waals surface area contributed by atoms with Crippen LogP contribution in [0.1, 0.15) is 51.8 Å². The van der Waals surface area contributed by atoms with Crippen molar-refractivity contribution < 1.29 is 4.74 Å². The molecule has 0 bridgehead atoms. The summed E-state index contributed by atoms with van der Waals surface area (Å²) in [6.45, 7) is 7.99. The fourth-order valence-electron chi connectivity index (χ4n) is 1.76. The zero-order valence-electron chi connectivity index (χ0n) is 13.9. The van der Waals surface area contributed by atoms with Gasteiger partial charge in [-0.2, -0.15) is 4.98 Å². The van der Waals surface area contributed by atoms with E-state index in [4.69, 9.17) is 4.74 Å². The minimum absolute atomic E-state index is 0.0261. The predicted octanol–water partition coefficient (Wildman–Crippen LogP) is 2.89. The summed E-state index contributed by atoms with van der Waals surface area (Å²) in [5.41, 5.74) is -0.0261. The number of hydrogen-bond donors (Lipinski definition) is 1. The number of rotatable bonds is 8. The maximum absolute atomic E-state index is 5.94. The zero-order valence-corrected chi connectivity index (χ0v) is 13.9. The first-order valence-corrected chi connectivity index (χ1v) is 7.85. The normalized spacial score (nSPS) is 15.3. The molecule has 118 valence electrons. The molecule has 21 heavy (non-hydrogen) atoms. The van der Waals surface area contributed by atoms with Gasteiger partial charge in [0.2, 0.25) is 5.88 Å². The largest absolute Gasteiger partial charge is 0.476 e. The molecule has 0 unspecified atom stereocenters. The minimum Gasteiger partial charge on any atom is -0.476 e. The van der Waals surface area contributed by atoms with Crippen molar-refractivity contribution in [2.24, 2.45) is 0 Å². The molecule has 1 aromatic rings. The maximum atomic E-state index is 5.94. The van der Waals surface area contributed by atoms with Gasteiger partial charge in [0.15, 0.2) is 0 Å². The van der Waals surface area contributed by atoms with E-state index in [0.717, 1.165) is 24.6 Å². The van der Waals surface area contributed by atoms with Crippen LogP contribution in [0.3, 0.4) is 0 Å². The van der Waals surface area contributed by atoms with Crippen LogP contribution in [0.4, 0.5) is 5.82 Å². The number of ether oxygens (including phenoxy) is 1. The molecule has 0 amide bonds. The molecule has 1 aliphatic rings. The molecule has 1 aliphatic carbocycles. The highest BCUT2D eigenvalue weighted by Crippen LogP contribution is 2.39. The zero-order chi connectivity index (χ0) is 15.5. The molecular weight excluding hydrogens is 264 g/mol. The molecular formula is C16H28N4O. The van der Waals surface area contributed by atoms with Crippen LogP contribution < -0.4 is 10.1 Å². The number of likely N-dealkylation sites (N-methyl/N-ethyl adjacent to an activating group) is 1. The highest BCUT2D eigenvalue weighted by Gasteiger charge is 2.28. The number of anilines is 1. The van der Waals surface area contributed by atoms with E-state index in [-0.39, 0.29) is 5.54 Å². The first-order valence-electron chi connectivity index (χ1n) is 7.85. The van der Waals surface area contributed by atoms with Gasteiger partial charge in [0.1, 0.15) is 18.2 Å². The van der Waals surface area contributed by atoms with Gasteiger partial charge < -0.3 is 15.0 Å². The second-order valence-electron chi connectivity index (χ2n) is 6.65. The lowest BCUT2D eigenvalue weighted by Crippen LogP contribution is -2.43. The highest BCUT2D eigenvalue weighted by atomic mass is 16.5. The molecule has 0 spiro atoms. The summed E-state index contributed by atoms with van der Waals surface area (Å²) in [5, 5.41) is 3.34. The Kier molecular flexibility index (Phi) is 5.04.